The van der Waals surface area contributed by atoms with Gasteiger partial charge in [0.1, 0.15) is 5.75 Å². The van der Waals surface area contributed by atoms with Crippen LogP contribution in [0.15, 0.2) is 79.6 Å². The number of carbonyl (C=O) groups is 1. The summed E-state index contributed by atoms with van der Waals surface area (Å²) in [5, 5.41) is 0.636. The molecule has 0 saturated carbocycles. The Kier molecular flexibility index (Phi) is 6.04. The molecule has 2 aromatic carbocycles. The first-order chi connectivity index (χ1) is 16.2. The van der Waals surface area contributed by atoms with Crippen molar-refractivity contribution in [3.8, 4) is 11.6 Å². The first-order valence-corrected chi connectivity index (χ1v) is 11.1. The number of hydrogen-bond acceptors (Lipinski definition) is 5. The molecular formula is C25H22ClN5O2. The van der Waals surface area contributed by atoms with Gasteiger partial charge in [-0.3, -0.25) is 9.78 Å². The van der Waals surface area contributed by atoms with Gasteiger partial charge in [0.2, 0.25) is 5.88 Å². The molecule has 0 aliphatic carbocycles. The summed E-state index contributed by atoms with van der Waals surface area (Å²) in [6.45, 7) is 1.35. The van der Waals surface area contributed by atoms with Gasteiger partial charge in [0, 0.05) is 36.1 Å². The van der Waals surface area contributed by atoms with E-state index in [1.54, 1.807) is 49.2 Å². The summed E-state index contributed by atoms with van der Waals surface area (Å²) >= 11 is 5.94. The molecule has 8 heteroatoms. The maximum absolute atomic E-state index is 13.4. The highest BCUT2D eigenvalue weighted by molar-refractivity contribution is 6.30. The van der Waals surface area contributed by atoms with E-state index in [1.807, 2.05) is 39.9 Å². The minimum Gasteiger partial charge on any atom is -0.437 e. The third-order valence-electron chi connectivity index (χ3n) is 5.62. The number of aromatic nitrogens is 4. The van der Waals surface area contributed by atoms with Crippen LogP contribution >= 0.6 is 11.6 Å². The summed E-state index contributed by atoms with van der Waals surface area (Å²) in [6, 6.07) is 14.7. The van der Waals surface area contributed by atoms with Crippen LogP contribution < -0.4 is 4.74 Å². The Bertz CT molecular complexity index is 1240. The molecule has 7 nitrogen and oxygen atoms in total. The summed E-state index contributed by atoms with van der Waals surface area (Å²) in [5.41, 5.74) is 2.44. The Morgan fingerprint density at radius 3 is 2.82 bits per heavy atom. The van der Waals surface area contributed by atoms with E-state index < -0.39 is 0 Å². The summed E-state index contributed by atoms with van der Waals surface area (Å²) in [6.07, 6.45) is 10.4. The molecule has 0 unspecified atom stereocenters. The molecule has 4 aromatic rings. The van der Waals surface area contributed by atoms with Crippen LogP contribution in [0.1, 0.15) is 40.5 Å². The zero-order valence-electron chi connectivity index (χ0n) is 17.8. The lowest BCUT2D eigenvalue weighted by atomic mass is 10.1. The van der Waals surface area contributed by atoms with Crippen LogP contribution in [0.5, 0.6) is 11.6 Å². The lowest BCUT2D eigenvalue weighted by Crippen LogP contribution is -2.31. The van der Waals surface area contributed by atoms with E-state index in [4.69, 9.17) is 16.3 Å². The van der Waals surface area contributed by atoms with Gasteiger partial charge in [0.15, 0.2) is 0 Å². The highest BCUT2D eigenvalue weighted by atomic mass is 35.5. The van der Waals surface area contributed by atoms with Gasteiger partial charge in [-0.2, -0.15) is 0 Å². The van der Waals surface area contributed by atoms with E-state index in [9.17, 15) is 4.79 Å². The Morgan fingerprint density at radius 1 is 1.12 bits per heavy atom. The van der Waals surface area contributed by atoms with Crippen molar-refractivity contribution < 1.29 is 9.53 Å². The van der Waals surface area contributed by atoms with E-state index in [0.29, 0.717) is 35.3 Å². The molecule has 0 N–H and O–H groups in total. The summed E-state index contributed by atoms with van der Waals surface area (Å²) in [7, 11) is 0. The molecule has 1 atom stereocenters. The highest BCUT2D eigenvalue weighted by Gasteiger charge is 2.32. The molecular weight excluding hydrogens is 438 g/mol. The molecule has 3 heterocycles. The van der Waals surface area contributed by atoms with Crippen LogP contribution in [0.3, 0.4) is 0 Å². The zero-order chi connectivity index (χ0) is 22.6. The van der Waals surface area contributed by atoms with E-state index in [0.717, 1.165) is 24.1 Å². The molecule has 2 aromatic heterocycles. The second kappa shape index (κ2) is 9.42. The van der Waals surface area contributed by atoms with Gasteiger partial charge in [-0.05, 0) is 54.8 Å². The van der Waals surface area contributed by atoms with E-state index in [1.165, 1.54) is 0 Å². The predicted octanol–water partition coefficient (Wildman–Crippen LogP) is 5.14. The third kappa shape index (κ3) is 4.88. The second-order valence-electron chi connectivity index (χ2n) is 7.93. The molecule has 0 radical (unpaired) electrons. The topological polar surface area (TPSA) is 73.1 Å². The van der Waals surface area contributed by atoms with Crippen LogP contribution in [-0.2, 0) is 6.54 Å². The van der Waals surface area contributed by atoms with Crippen molar-refractivity contribution in [1.82, 2.24) is 24.4 Å². The summed E-state index contributed by atoms with van der Waals surface area (Å²) < 4.78 is 7.81. The van der Waals surface area contributed by atoms with Gasteiger partial charge >= 0.3 is 0 Å². The lowest BCUT2D eigenvalue weighted by molar-refractivity contribution is 0.0732. The first kappa shape index (κ1) is 21.2. The molecule has 1 fully saturated rings. The van der Waals surface area contributed by atoms with Gasteiger partial charge in [0.05, 0.1) is 30.5 Å². The van der Waals surface area contributed by atoms with Gasteiger partial charge in [-0.15, -0.1) is 0 Å². The van der Waals surface area contributed by atoms with Crippen LogP contribution in [-0.4, -0.2) is 36.9 Å². The molecule has 0 bridgehead atoms. The normalized spacial score (nSPS) is 15.5. The molecule has 0 spiro atoms. The summed E-state index contributed by atoms with van der Waals surface area (Å²) in [4.78, 5) is 28.3. The Morgan fingerprint density at radius 2 is 2.00 bits per heavy atom. The van der Waals surface area contributed by atoms with Crippen molar-refractivity contribution >= 4 is 17.5 Å². The minimum atomic E-state index is -0.143. The third-order valence-corrected chi connectivity index (χ3v) is 5.87. The largest absolute Gasteiger partial charge is 0.437 e. The number of carbonyl (C=O) groups excluding carboxylic acids is 1. The molecule has 166 valence electrons. The van der Waals surface area contributed by atoms with Gasteiger partial charge < -0.3 is 14.2 Å². The molecule has 1 aliphatic heterocycles. The van der Waals surface area contributed by atoms with Gasteiger partial charge in [0.25, 0.3) is 5.91 Å². The average Bonchev–Trinajstić information content (AvgIpc) is 3.53. The van der Waals surface area contributed by atoms with Crippen LogP contribution in [0.4, 0.5) is 0 Å². The standard InChI is InChI=1S/C25H22ClN5O2/c26-20-6-8-21(9-7-20)33-24-15-28-14-22(29-24)23-5-2-11-31(23)25(32)19-4-1-3-18(13-19)16-30-12-10-27-17-30/h1,3-4,6-10,12-15,17,23H,2,5,11,16H2/t23-/m0/s1. The average molecular weight is 460 g/mol. The molecule has 1 saturated heterocycles. The molecule has 5 rings (SSSR count). The van der Waals surface area contributed by atoms with Crippen LogP contribution in [0.2, 0.25) is 5.02 Å². The maximum Gasteiger partial charge on any atom is 0.254 e. The Labute approximate surface area is 196 Å². The maximum atomic E-state index is 13.4. The number of imidazole rings is 1. The fourth-order valence-electron chi connectivity index (χ4n) is 4.07. The smallest absolute Gasteiger partial charge is 0.254 e. The lowest BCUT2D eigenvalue weighted by Gasteiger charge is -2.24. The molecule has 1 amide bonds. The number of hydrogen-bond donors (Lipinski definition) is 0. The SMILES string of the molecule is O=C(c1cccc(Cn2ccnc2)c1)N1CCC[C@H]1c1cncc(Oc2ccc(Cl)cc2)n1. The number of halogens is 1. The first-order valence-electron chi connectivity index (χ1n) is 10.8. The van der Waals surface area contributed by atoms with Crippen molar-refractivity contribution in [3.05, 3.63) is 101 Å². The number of nitrogens with zero attached hydrogens (tertiary/aromatic N) is 5. The minimum absolute atomic E-state index is 0.00389. The number of ether oxygens (including phenoxy) is 1. The van der Waals surface area contributed by atoms with E-state index >= 15 is 0 Å². The van der Waals surface area contributed by atoms with Gasteiger partial charge in [-0.25, -0.2) is 9.97 Å². The van der Waals surface area contributed by atoms with Crippen molar-refractivity contribution in [2.24, 2.45) is 0 Å². The van der Waals surface area contributed by atoms with Crippen LogP contribution in [0, 0.1) is 0 Å². The molecule has 33 heavy (non-hydrogen) atoms. The van der Waals surface area contributed by atoms with Gasteiger partial charge in [-0.1, -0.05) is 23.7 Å². The van der Waals surface area contributed by atoms with E-state index in [-0.39, 0.29) is 11.9 Å². The molecule has 1 aliphatic rings. The zero-order valence-corrected chi connectivity index (χ0v) is 18.6. The van der Waals surface area contributed by atoms with Crippen molar-refractivity contribution in [1.29, 1.82) is 0 Å². The Balaban J connectivity index is 1.34. The fraction of sp³-hybridized carbons (Fsp3) is 0.200. The van der Waals surface area contributed by atoms with E-state index in [2.05, 4.69) is 15.0 Å². The number of benzene rings is 2. The predicted molar refractivity (Wildman–Crippen MR) is 124 cm³/mol. The van der Waals surface area contributed by atoms with Crippen LogP contribution in [0.25, 0.3) is 0 Å². The van der Waals surface area contributed by atoms with Crippen molar-refractivity contribution in [3.63, 3.8) is 0 Å². The second-order valence-corrected chi connectivity index (χ2v) is 8.37. The van der Waals surface area contributed by atoms with Crippen molar-refractivity contribution in [2.75, 3.05) is 6.54 Å². The fourth-order valence-corrected chi connectivity index (χ4v) is 4.20. The monoisotopic (exact) mass is 459 g/mol. The number of rotatable bonds is 6. The number of likely N-dealkylation sites (tertiary alicyclic amines) is 1. The van der Waals surface area contributed by atoms with Crippen molar-refractivity contribution in [2.45, 2.75) is 25.4 Å². The summed E-state index contributed by atoms with van der Waals surface area (Å²) in [5.74, 6) is 1.01. The Hall–Kier alpha value is -3.71. The number of amides is 1. The quantitative estimate of drug-likeness (QED) is 0.399. The highest BCUT2D eigenvalue weighted by Crippen LogP contribution is 2.33.